The molecule has 0 unspecified atom stereocenters. The van der Waals surface area contributed by atoms with Crippen molar-refractivity contribution in [3.8, 4) is 53.6 Å². The van der Waals surface area contributed by atoms with Crippen LogP contribution in [0.25, 0.3) is 53.6 Å². The molecule has 3 aromatic carbocycles. The van der Waals surface area contributed by atoms with Crippen molar-refractivity contribution < 1.29 is 54.2 Å². The van der Waals surface area contributed by atoms with E-state index < -0.39 is 19.1 Å². The number of piperidine rings is 2. The van der Waals surface area contributed by atoms with Crippen molar-refractivity contribution in [2.24, 2.45) is 0 Å². The lowest BCUT2D eigenvalue weighted by Crippen LogP contribution is -2.41. The van der Waals surface area contributed by atoms with E-state index in [0.717, 1.165) is 106 Å². The number of rotatable bonds is 10. The minimum atomic E-state index is -1.68. The van der Waals surface area contributed by atoms with Gasteiger partial charge in [0.25, 0.3) is 5.91 Å². The molecule has 118 heavy (non-hydrogen) atoms. The third-order valence-electron chi connectivity index (χ3n) is 19.5. The number of thiophene rings is 4. The van der Waals surface area contributed by atoms with Crippen LogP contribution in [0.3, 0.4) is 0 Å². The Morgan fingerprint density at radius 2 is 0.847 bits per heavy atom. The highest BCUT2D eigenvalue weighted by Crippen LogP contribution is 2.41. The first-order chi connectivity index (χ1) is 55.2. The number of halogens is 6. The number of aliphatic hydroxyl groups is 2. The van der Waals surface area contributed by atoms with E-state index in [9.17, 15) is 19.5 Å². The maximum absolute atomic E-state index is 12.8. The molecule has 11 heterocycles. The van der Waals surface area contributed by atoms with Gasteiger partial charge in [0.15, 0.2) is 0 Å². The summed E-state index contributed by atoms with van der Waals surface area (Å²) in [6.07, 6.45) is 10.2. The number of nitrogens with one attached hydrogen (secondary N) is 1. The molecule has 3 aliphatic heterocycles. The number of amides is 1. The predicted molar refractivity (Wildman–Crippen MR) is 500 cm³/mol. The van der Waals surface area contributed by atoms with Gasteiger partial charge in [-0.15, -0.1) is 45.3 Å². The summed E-state index contributed by atoms with van der Waals surface area (Å²) >= 11 is 35.3. The van der Waals surface area contributed by atoms with E-state index >= 15 is 0 Å². The summed E-state index contributed by atoms with van der Waals surface area (Å²) in [4.78, 5) is 57.5. The fourth-order valence-corrected chi connectivity index (χ4v) is 17.7. The van der Waals surface area contributed by atoms with Crippen molar-refractivity contribution in [3.05, 3.63) is 241 Å². The number of benzene rings is 3. The first-order valence-corrected chi connectivity index (χ1v) is 45.3. The average Bonchev–Trinajstić information content (AvgIpc) is 1.62. The van der Waals surface area contributed by atoms with Crippen molar-refractivity contribution >= 4 is 171 Å². The molecule has 0 radical (unpaired) electrons. The van der Waals surface area contributed by atoms with Crippen molar-refractivity contribution in [2.45, 2.75) is 182 Å². The van der Waals surface area contributed by atoms with Gasteiger partial charge in [-0.25, -0.2) is 9.59 Å². The molecule has 0 atom stereocenters. The number of pyridine rings is 4. The van der Waals surface area contributed by atoms with E-state index in [1.54, 1.807) is 68.4 Å². The van der Waals surface area contributed by atoms with Gasteiger partial charge in [0.1, 0.15) is 0 Å². The number of nitrogens with zero attached hydrogens (tertiary/aromatic N) is 5. The molecule has 0 bridgehead atoms. The molecule has 1 amide bonds. The molecular formula is C89H102B2Br3Cl3N6O11S4. The molecule has 0 spiro atoms. The zero-order valence-corrected chi connectivity index (χ0v) is 79.4. The van der Waals surface area contributed by atoms with Gasteiger partial charge >= 0.3 is 26.2 Å². The first kappa shape index (κ1) is 97.1. The Morgan fingerprint density at radius 1 is 0.475 bits per heavy atom. The van der Waals surface area contributed by atoms with Gasteiger partial charge in [-0.05, 0) is 267 Å². The summed E-state index contributed by atoms with van der Waals surface area (Å²) < 4.78 is 15.6. The minimum absolute atomic E-state index is 0.00573. The number of carboxylic acid groups (broad SMARTS) is 2. The van der Waals surface area contributed by atoms with Gasteiger partial charge in [0.2, 0.25) is 0 Å². The van der Waals surface area contributed by atoms with Gasteiger partial charge in [0.05, 0.1) is 38.3 Å². The second kappa shape index (κ2) is 42.6. The maximum atomic E-state index is 12.8. The number of hydrogen-bond acceptors (Lipinski definition) is 18. The van der Waals surface area contributed by atoms with Crippen LogP contribution in [0.1, 0.15) is 190 Å². The fraction of sp³-hybridized carbons (Fsp3) is 0.360. The van der Waals surface area contributed by atoms with Gasteiger partial charge < -0.3 is 50.0 Å². The van der Waals surface area contributed by atoms with E-state index in [1.165, 1.54) is 38.5 Å². The zero-order chi connectivity index (χ0) is 87.0. The zero-order valence-electron chi connectivity index (χ0n) is 69.1. The van der Waals surface area contributed by atoms with Crippen LogP contribution in [-0.4, -0.2) is 137 Å². The number of carboxylic acids is 2. The standard InChI is InChI=1S/C25H27ClN2O2S.C20H18ClNO2S.C15H24BNO2.C13H14BrNS.C7H6BClO4.C5H11NO.C4H2Br2S/c1-25(2,3)23-14-16(6-9-27-23)22-13-18(15-31-22)20-5-4-17(12-21(20)26)24(30)28-10-7-19(29)8-11-28;1-20(2,3)18-10-12(6-7-22-18)17-9-14(11-25-17)15-5-4-13(19(23)24)8-16(15)21;1-13(2,3)12-10-11(8-9-17-12)16-18-14(4,5)15(6,7)19-16;1-13(2,3)12-6-9(4-5-15-12)11-7-10(14)8-16-11;9-6-3-4(7(10)11)1-2-5(6)8(12)13;7-5-1-3-6-4-2-5;5-3-1-4(6)7-2-3/h4-6,9,12-15,19,29H,7-8,10-11H2,1-3H3;4-11H,1-3H3,(H,23,24);8-10H,1-7H3;4-8H,1-3H3;1-3,12-13H,(H,10,11);5-7H,1-4H2;1-2H. The largest absolute Gasteiger partial charge is 0.494 e. The van der Waals surface area contributed by atoms with Crippen molar-refractivity contribution in [2.75, 3.05) is 26.2 Å². The van der Waals surface area contributed by atoms with Crippen molar-refractivity contribution in [1.82, 2.24) is 30.2 Å². The molecule has 17 nitrogen and oxygen atoms in total. The Kier molecular flexibility index (Phi) is 35.1. The molecule has 29 heteroatoms. The molecule has 3 fully saturated rings. The number of likely N-dealkylation sites (tertiary alicyclic amines) is 1. The SMILES string of the molecule is Brc1csc(Br)c1.CC(C)(C)c1cc(-c2cc(-c3ccc(C(=O)N4CCC(O)CC4)cc3Cl)cs2)ccn1.CC(C)(C)c1cc(-c2cc(-c3ccc(C(=O)O)cc3Cl)cs2)ccn1.CC(C)(C)c1cc(-c2cc(Br)cs2)ccn1.CC(C)(C)c1cc(B2OC(C)(C)C(C)(C)O2)ccn1.O=C(O)c1ccc(B(O)O)c(Cl)c1.OC1CCNCC1. The topological polar surface area (TPSA) is 258 Å². The number of aliphatic hydroxyl groups excluding tert-OH is 2. The molecule has 0 saturated carbocycles. The van der Waals surface area contributed by atoms with E-state index in [0.29, 0.717) is 41.5 Å². The summed E-state index contributed by atoms with van der Waals surface area (Å²) in [5.41, 5.74) is 13.0. The van der Waals surface area contributed by atoms with Crippen LogP contribution >= 0.6 is 128 Å². The Bertz CT molecular complexity index is 5160. The maximum Gasteiger partial charge on any atom is 0.494 e. The molecule has 14 rings (SSSR count). The van der Waals surface area contributed by atoms with Crippen molar-refractivity contribution in [3.63, 3.8) is 0 Å². The van der Waals surface area contributed by atoms with Crippen LogP contribution in [0.5, 0.6) is 0 Å². The smallest absolute Gasteiger partial charge is 0.478 e. The molecule has 0 aliphatic carbocycles. The summed E-state index contributed by atoms with van der Waals surface area (Å²) in [7, 11) is -2.00. The highest BCUT2D eigenvalue weighted by atomic mass is 79.9. The second-order valence-corrected chi connectivity index (χ2v) is 41.6. The summed E-state index contributed by atoms with van der Waals surface area (Å²) in [6, 6.07) is 39.0. The number of carbonyl (C=O) groups excluding carboxylic acids is 1. The van der Waals surface area contributed by atoms with Gasteiger partial charge in [-0.3, -0.25) is 24.7 Å². The molecule has 8 aromatic heterocycles. The first-order valence-electron chi connectivity index (χ1n) is 38.3. The number of hydrogen-bond donors (Lipinski definition) is 7. The van der Waals surface area contributed by atoms with Gasteiger partial charge in [0, 0.05) is 154 Å². The molecule has 3 saturated heterocycles. The van der Waals surface area contributed by atoms with Gasteiger partial charge in [-0.1, -0.05) is 136 Å². The third kappa shape index (κ3) is 28.3. The lowest BCUT2D eigenvalue weighted by atomic mass is 9.77. The van der Waals surface area contributed by atoms with Crippen LogP contribution < -0.4 is 16.2 Å². The quantitative estimate of drug-likeness (QED) is 0.0628. The highest BCUT2D eigenvalue weighted by Gasteiger charge is 2.52. The molecule has 626 valence electrons. The van der Waals surface area contributed by atoms with Crippen LogP contribution in [0.2, 0.25) is 15.1 Å². The van der Waals surface area contributed by atoms with Crippen LogP contribution in [0, 0.1) is 0 Å². The number of carbonyl (C=O) groups is 3. The lowest BCUT2D eigenvalue weighted by Gasteiger charge is -2.32. The Labute approximate surface area is 750 Å². The van der Waals surface area contributed by atoms with Crippen LogP contribution in [0.4, 0.5) is 0 Å². The molecule has 7 N–H and O–H groups in total. The number of aromatic carboxylic acids is 2. The Hall–Kier alpha value is -6.37. The number of aromatic nitrogens is 4. The molecule has 3 aliphatic rings. The Morgan fingerprint density at radius 3 is 1.20 bits per heavy atom. The van der Waals surface area contributed by atoms with E-state index in [-0.39, 0.29) is 79.7 Å². The normalized spacial score (nSPS) is 14.7. The average molecular weight is 1930 g/mol. The molecule has 11 aromatic rings. The predicted octanol–water partition coefficient (Wildman–Crippen LogP) is 22.4. The highest BCUT2D eigenvalue weighted by molar-refractivity contribution is 9.11. The third-order valence-corrected chi connectivity index (χ3v) is 26.4. The molecular weight excluding hydrogens is 1820 g/mol. The Balaban J connectivity index is 0.000000181. The second-order valence-electron chi connectivity index (χ2n) is 33.6. The summed E-state index contributed by atoms with van der Waals surface area (Å²) in [5.74, 6) is -2.12. The summed E-state index contributed by atoms with van der Waals surface area (Å²) in [6.45, 7) is 37.3. The summed E-state index contributed by atoms with van der Waals surface area (Å²) in [5, 5.41) is 66.1. The van der Waals surface area contributed by atoms with Crippen LogP contribution in [-0.2, 0) is 31.0 Å². The van der Waals surface area contributed by atoms with Gasteiger partial charge in [-0.2, -0.15) is 0 Å². The lowest BCUT2D eigenvalue weighted by molar-refractivity contribution is 0.00578. The van der Waals surface area contributed by atoms with Crippen molar-refractivity contribution in [1.29, 1.82) is 0 Å². The monoisotopic (exact) mass is 1920 g/mol. The van der Waals surface area contributed by atoms with E-state index in [2.05, 4.69) is 243 Å². The van der Waals surface area contributed by atoms with Crippen LogP contribution in [0.15, 0.2) is 186 Å². The fourth-order valence-electron chi connectivity index (χ4n) is 11.7. The van der Waals surface area contributed by atoms with E-state index in [1.807, 2.05) is 71.9 Å². The minimum Gasteiger partial charge on any atom is -0.478 e. The van der Waals surface area contributed by atoms with E-state index in [4.69, 9.17) is 69.5 Å².